The van der Waals surface area contributed by atoms with Gasteiger partial charge < -0.3 is 14.9 Å². The molecule has 0 aromatic heterocycles. The van der Waals surface area contributed by atoms with Gasteiger partial charge in [-0.2, -0.15) is 0 Å². The molecule has 9 heteroatoms. The summed E-state index contributed by atoms with van der Waals surface area (Å²) in [6.07, 6.45) is 0. The molecule has 1 heterocycles. The number of ether oxygens (including phenoxy) is 1. The van der Waals surface area contributed by atoms with E-state index in [1.807, 2.05) is 0 Å². The highest BCUT2D eigenvalue weighted by Gasteiger charge is 2.46. The number of likely N-dealkylation sites (tertiary alicyclic amines) is 1. The molecule has 3 aromatic carbocycles. The van der Waals surface area contributed by atoms with Crippen molar-refractivity contribution in [3.05, 3.63) is 94.3 Å². The zero-order chi connectivity index (χ0) is 27.6. The quantitative estimate of drug-likeness (QED) is 0.419. The first-order valence-electron chi connectivity index (χ1n) is 12.2. The minimum Gasteiger partial charge on any atom is -0.505 e. The van der Waals surface area contributed by atoms with Crippen LogP contribution in [0, 0.1) is 36.2 Å². The number of phenolic OH excluding ortho intramolecular Hbond substituents is 1. The fraction of sp³-hybridized carbons (Fsp3) is 0.310. The average Bonchev–Trinajstić information content (AvgIpc) is 2.91. The molecule has 0 spiro atoms. The topological polar surface area (TPSA) is 87.1 Å². The first kappa shape index (κ1) is 27.3. The summed E-state index contributed by atoms with van der Waals surface area (Å²) in [5.41, 5.74) is -0.0481. The molecule has 38 heavy (non-hydrogen) atoms. The van der Waals surface area contributed by atoms with Crippen molar-refractivity contribution >= 4 is 11.6 Å². The number of aliphatic hydroxyl groups excluding tert-OH is 1. The maximum Gasteiger partial charge on any atom is 0.175 e. The molecule has 0 unspecified atom stereocenters. The van der Waals surface area contributed by atoms with E-state index in [2.05, 4.69) is 0 Å². The number of Topliss-reactive ketones (excluding diaryl/α,β-unsaturated/α-hetero) is 2. The van der Waals surface area contributed by atoms with Crippen molar-refractivity contribution in [2.75, 3.05) is 33.4 Å². The van der Waals surface area contributed by atoms with Gasteiger partial charge in [-0.15, -0.1) is 0 Å². The summed E-state index contributed by atoms with van der Waals surface area (Å²) in [6.45, 7) is 1.42. The van der Waals surface area contributed by atoms with E-state index < -0.39 is 52.5 Å². The molecule has 3 atom stereocenters. The maximum atomic E-state index is 15.2. The number of aromatic hydroxyl groups is 1. The predicted molar refractivity (Wildman–Crippen MR) is 134 cm³/mol. The third-order valence-corrected chi connectivity index (χ3v) is 7.23. The summed E-state index contributed by atoms with van der Waals surface area (Å²) in [6, 6.07) is 12.1. The lowest BCUT2D eigenvalue weighted by Crippen LogP contribution is -2.51. The molecule has 0 radical (unpaired) electrons. The lowest BCUT2D eigenvalue weighted by molar-refractivity contribution is 0.0524. The number of carbonyl (C=O) groups is 2. The van der Waals surface area contributed by atoms with Crippen molar-refractivity contribution < 1.29 is 37.7 Å². The van der Waals surface area contributed by atoms with Crippen LogP contribution in [0.4, 0.5) is 13.2 Å². The van der Waals surface area contributed by atoms with Gasteiger partial charge >= 0.3 is 0 Å². The number of hydrogen-bond acceptors (Lipinski definition) is 6. The number of methoxy groups -OCH3 is 1. The van der Waals surface area contributed by atoms with Gasteiger partial charge in [-0.05, 0) is 48.4 Å². The zero-order valence-electron chi connectivity index (χ0n) is 21.0. The van der Waals surface area contributed by atoms with Gasteiger partial charge in [0.2, 0.25) is 0 Å². The van der Waals surface area contributed by atoms with E-state index in [0.717, 1.165) is 6.07 Å². The Hall–Kier alpha value is -3.69. The van der Waals surface area contributed by atoms with E-state index in [-0.39, 0.29) is 48.7 Å². The molecule has 1 aliphatic rings. The third kappa shape index (κ3) is 5.04. The lowest BCUT2D eigenvalue weighted by Gasteiger charge is -2.43. The Balaban J connectivity index is 1.91. The summed E-state index contributed by atoms with van der Waals surface area (Å²) in [7, 11) is 1.27. The van der Waals surface area contributed by atoms with Crippen molar-refractivity contribution in [3.63, 3.8) is 0 Å². The molecular formula is C29H28F3NO5. The highest BCUT2D eigenvalue weighted by molar-refractivity contribution is 6.02. The second-order valence-corrected chi connectivity index (χ2v) is 9.37. The Labute approximate surface area is 218 Å². The lowest BCUT2D eigenvalue weighted by atomic mass is 9.67. The van der Waals surface area contributed by atoms with E-state index in [0.29, 0.717) is 5.56 Å². The third-order valence-electron chi connectivity index (χ3n) is 7.23. The minimum atomic E-state index is -1.10. The molecule has 0 saturated carbocycles. The number of piperidine rings is 1. The second kappa shape index (κ2) is 11.4. The van der Waals surface area contributed by atoms with Crippen molar-refractivity contribution in [1.82, 2.24) is 4.90 Å². The number of hydrogen-bond donors (Lipinski definition) is 2. The number of benzene rings is 3. The van der Waals surface area contributed by atoms with Crippen LogP contribution in [-0.2, 0) is 0 Å². The number of halogens is 3. The van der Waals surface area contributed by atoms with Crippen LogP contribution in [0.2, 0.25) is 0 Å². The molecule has 1 saturated heterocycles. The molecule has 4 rings (SSSR count). The predicted octanol–water partition coefficient (Wildman–Crippen LogP) is 4.52. The Morgan fingerprint density at radius 2 is 1.50 bits per heavy atom. The Morgan fingerprint density at radius 1 is 0.921 bits per heavy atom. The second-order valence-electron chi connectivity index (χ2n) is 9.37. The number of nitrogens with zero attached hydrogens (tertiary/aromatic N) is 1. The first-order chi connectivity index (χ1) is 18.2. The van der Waals surface area contributed by atoms with Crippen LogP contribution in [0.1, 0.15) is 37.8 Å². The van der Waals surface area contributed by atoms with Gasteiger partial charge in [-0.25, -0.2) is 13.2 Å². The Morgan fingerprint density at radius 3 is 2.11 bits per heavy atom. The van der Waals surface area contributed by atoms with E-state index >= 15 is 4.39 Å². The molecule has 1 fully saturated rings. The number of β-amino-alcohol motifs (C(OH)–C–C–N with tert-alkyl or cyclic N) is 1. The van der Waals surface area contributed by atoms with Crippen LogP contribution in [0.15, 0.2) is 54.6 Å². The molecule has 0 bridgehead atoms. The van der Waals surface area contributed by atoms with E-state index in [1.165, 1.54) is 56.5 Å². The van der Waals surface area contributed by atoms with Crippen molar-refractivity contribution in [3.8, 4) is 11.5 Å². The van der Waals surface area contributed by atoms with Gasteiger partial charge in [0.25, 0.3) is 0 Å². The zero-order valence-corrected chi connectivity index (χ0v) is 21.0. The highest BCUT2D eigenvalue weighted by Crippen LogP contribution is 2.43. The molecule has 1 aliphatic heterocycles. The highest BCUT2D eigenvalue weighted by atomic mass is 19.1. The smallest absolute Gasteiger partial charge is 0.175 e. The molecule has 0 aliphatic carbocycles. The number of phenols is 1. The molecule has 6 nitrogen and oxygen atoms in total. The van der Waals surface area contributed by atoms with Gasteiger partial charge in [-0.3, -0.25) is 14.5 Å². The van der Waals surface area contributed by atoms with Crippen LogP contribution in [0.25, 0.3) is 0 Å². The molecule has 3 aromatic rings. The summed E-state index contributed by atoms with van der Waals surface area (Å²) < 4.78 is 49.8. The monoisotopic (exact) mass is 527 g/mol. The standard InChI is InChI=1S/C29H28F3NO5/c1-16-17(6-3-9-22(16)30)25-20(28(36)18-7-4-10-23(35)26(18)31)14-33(12-13-34)15-21(25)29(37)19-8-5-11-24(38-2)27(19)32/h3-11,20-21,25,34-35H,12-15H2,1-2H3/t20-,21-,25-/m0/s1. The van der Waals surface area contributed by atoms with Gasteiger partial charge in [0.05, 0.1) is 24.8 Å². The van der Waals surface area contributed by atoms with E-state index in [1.54, 1.807) is 11.0 Å². The molecule has 0 amide bonds. The van der Waals surface area contributed by atoms with Crippen LogP contribution in [0.5, 0.6) is 11.5 Å². The first-order valence-corrected chi connectivity index (χ1v) is 12.2. The summed E-state index contributed by atoms with van der Waals surface area (Å²) in [4.78, 5) is 29.5. The normalized spacial score (nSPS) is 19.8. The molecule has 2 N–H and O–H groups in total. The van der Waals surface area contributed by atoms with E-state index in [9.17, 15) is 28.6 Å². The molecular weight excluding hydrogens is 499 g/mol. The van der Waals surface area contributed by atoms with Gasteiger partial charge in [0, 0.05) is 37.4 Å². The van der Waals surface area contributed by atoms with Crippen molar-refractivity contribution in [2.24, 2.45) is 11.8 Å². The fourth-order valence-electron chi connectivity index (χ4n) is 5.34. The number of ketones is 2. The Kier molecular flexibility index (Phi) is 8.18. The number of carbonyl (C=O) groups excluding carboxylic acids is 2. The Bertz CT molecular complexity index is 1360. The minimum absolute atomic E-state index is 0.0273. The van der Waals surface area contributed by atoms with Crippen molar-refractivity contribution in [2.45, 2.75) is 12.8 Å². The van der Waals surface area contributed by atoms with Crippen LogP contribution < -0.4 is 4.74 Å². The summed E-state index contributed by atoms with van der Waals surface area (Å²) >= 11 is 0. The fourth-order valence-corrected chi connectivity index (χ4v) is 5.34. The largest absolute Gasteiger partial charge is 0.505 e. The van der Waals surface area contributed by atoms with Crippen LogP contribution >= 0.6 is 0 Å². The average molecular weight is 528 g/mol. The summed E-state index contributed by atoms with van der Waals surface area (Å²) in [5.74, 6) is -7.76. The SMILES string of the molecule is COc1cccc(C(=O)[C@H]2CN(CCO)C[C@H](C(=O)c3cccc(O)c3F)[C@@H]2c2cccc(F)c2C)c1F. The van der Waals surface area contributed by atoms with Gasteiger partial charge in [0.15, 0.2) is 34.7 Å². The summed E-state index contributed by atoms with van der Waals surface area (Å²) in [5, 5.41) is 19.5. The number of aliphatic hydroxyl groups is 1. The van der Waals surface area contributed by atoms with Crippen molar-refractivity contribution in [1.29, 1.82) is 0 Å². The maximum absolute atomic E-state index is 15.2. The van der Waals surface area contributed by atoms with Gasteiger partial charge in [0.1, 0.15) is 5.82 Å². The van der Waals surface area contributed by atoms with E-state index in [4.69, 9.17) is 4.74 Å². The molecule has 200 valence electrons. The number of rotatable bonds is 8. The van der Waals surface area contributed by atoms with Crippen LogP contribution in [0.3, 0.4) is 0 Å². The van der Waals surface area contributed by atoms with Gasteiger partial charge in [-0.1, -0.05) is 24.3 Å². The van der Waals surface area contributed by atoms with Crippen LogP contribution in [-0.4, -0.2) is 60.0 Å².